The first-order valence-corrected chi connectivity index (χ1v) is 6.73. The molecule has 0 aliphatic carbocycles. The second-order valence-electron chi connectivity index (χ2n) is 3.53. The van der Waals surface area contributed by atoms with Gasteiger partial charge in [0.1, 0.15) is 0 Å². The number of rotatable bonds is 0. The lowest BCUT2D eigenvalue weighted by atomic mass is 10.3. The molecular formula is C12H14N2S4. The van der Waals surface area contributed by atoms with Gasteiger partial charge in [-0.3, -0.25) is 0 Å². The summed E-state index contributed by atoms with van der Waals surface area (Å²) in [5.74, 6) is 0. The average molecular weight is 315 g/mol. The van der Waals surface area contributed by atoms with E-state index in [1.54, 1.807) is 18.2 Å². The zero-order chi connectivity index (χ0) is 13.7. The monoisotopic (exact) mass is 314 g/mol. The van der Waals surface area contributed by atoms with Crippen molar-refractivity contribution in [2.45, 2.75) is 19.6 Å². The zero-order valence-electron chi connectivity index (χ0n) is 9.41. The van der Waals surface area contributed by atoms with Gasteiger partial charge in [0.25, 0.3) is 0 Å². The van der Waals surface area contributed by atoms with Crippen molar-refractivity contribution in [3.63, 3.8) is 0 Å². The van der Waals surface area contributed by atoms with E-state index in [4.69, 9.17) is 11.5 Å². The van der Waals surface area contributed by atoms with Crippen molar-refractivity contribution in [2.75, 3.05) is 11.5 Å². The van der Waals surface area contributed by atoms with Crippen LogP contribution in [0.2, 0.25) is 0 Å². The molecule has 0 heterocycles. The molecule has 2 aromatic carbocycles. The summed E-state index contributed by atoms with van der Waals surface area (Å²) in [5, 5.41) is 0. The summed E-state index contributed by atoms with van der Waals surface area (Å²) < 4.78 is 0. The lowest BCUT2D eigenvalue weighted by Gasteiger charge is -1.97. The molecule has 2 aromatic rings. The molecule has 18 heavy (non-hydrogen) atoms. The van der Waals surface area contributed by atoms with Crippen molar-refractivity contribution in [3.8, 4) is 0 Å². The number of thiol groups is 4. The lowest BCUT2D eigenvalue weighted by Crippen LogP contribution is -1.85. The Hall–Kier alpha value is -0.560. The molecule has 0 aliphatic heterocycles. The number of anilines is 2. The molecule has 4 N–H and O–H groups in total. The molecule has 0 atom stereocenters. The summed E-state index contributed by atoms with van der Waals surface area (Å²) in [6.07, 6.45) is 0. The third-order valence-electron chi connectivity index (χ3n) is 1.94. The SMILES string of the molecule is Nc1cc(S)cc(S)c1.Nc1cc(S)ccc1S. The number of nitrogens with two attached hydrogens (primary N) is 2. The van der Waals surface area contributed by atoms with Crippen molar-refractivity contribution in [1.82, 2.24) is 0 Å². The Labute approximate surface area is 129 Å². The summed E-state index contributed by atoms with van der Waals surface area (Å²) in [5.41, 5.74) is 12.3. The highest BCUT2D eigenvalue weighted by Crippen LogP contribution is 2.19. The van der Waals surface area contributed by atoms with Crippen LogP contribution in [0.3, 0.4) is 0 Å². The van der Waals surface area contributed by atoms with Crippen LogP contribution in [-0.2, 0) is 0 Å². The minimum Gasteiger partial charge on any atom is -0.399 e. The smallest absolute Gasteiger partial charge is 0.0460 e. The molecule has 0 amide bonds. The predicted octanol–water partition coefficient (Wildman–Crippen LogP) is 3.69. The summed E-state index contributed by atoms with van der Waals surface area (Å²) >= 11 is 16.4. The van der Waals surface area contributed by atoms with Crippen molar-refractivity contribution in [1.29, 1.82) is 0 Å². The minimum atomic E-state index is 0.672. The summed E-state index contributed by atoms with van der Waals surface area (Å²) in [6.45, 7) is 0. The fraction of sp³-hybridized carbons (Fsp3) is 0. The fourth-order valence-corrected chi connectivity index (χ4v) is 2.19. The van der Waals surface area contributed by atoms with E-state index in [1.165, 1.54) is 0 Å². The number of hydrogen-bond acceptors (Lipinski definition) is 6. The number of nitrogen functional groups attached to an aromatic ring is 2. The van der Waals surface area contributed by atoms with Crippen LogP contribution in [0.4, 0.5) is 11.4 Å². The van der Waals surface area contributed by atoms with Gasteiger partial charge >= 0.3 is 0 Å². The van der Waals surface area contributed by atoms with Crippen LogP contribution in [-0.4, -0.2) is 0 Å². The molecule has 0 fully saturated rings. The quantitative estimate of drug-likeness (QED) is 0.332. The van der Waals surface area contributed by atoms with E-state index in [-0.39, 0.29) is 0 Å². The Bertz CT molecular complexity index is 493. The van der Waals surface area contributed by atoms with Crippen LogP contribution < -0.4 is 11.5 Å². The summed E-state index contributed by atoms with van der Waals surface area (Å²) in [6, 6.07) is 10.8. The first-order chi connectivity index (χ1) is 8.38. The molecule has 0 spiro atoms. The minimum absolute atomic E-state index is 0.672. The van der Waals surface area contributed by atoms with E-state index >= 15 is 0 Å². The number of benzene rings is 2. The Morgan fingerprint density at radius 1 is 0.667 bits per heavy atom. The molecule has 6 heteroatoms. The van der Waals surface area contributed by atoms with E-state index in [0.29, 0.717) is 11.4 Å². The van der Waals surface area contributed by atoms with E-state index in [1.807, 2.05) is 18.2 Å². The number of hydrogen-bond donors (Lipinski definition) is 6. The van der Waals surface area contributed by atoms with Gasteiger partial charge in [0, 0.05) is 31.0 Å². The third kappa shape index (κ3) is 5.39. The second-order valence-corrected chi connectivity index (χ2v) is 5.56. The first kappa shape index (κ1) is 15.5. The molecular weight excluding hydrogens is 300 g/mol. The maximum Gasteiger partial charge on any atom is 0.0460 e. The molecule has 0 radical (unpaired) electrons. The molecule has 0 aliphatic rings. The second kappa shape index (κ2) is 7.13. The van der Waals surface area contributed by atoms with Crippen LogP contribution >= 0.6 is 50.5 Å². The van der Waals surface area contributed by atoms with Crippen LogP contribution in [0.25, 0.3) is 0 Å². The Balaban J connectivity index is 0.000000180. The molecule has 0 unspecified atom stereocenters. The van der Waals surface area contributed by atoms with Crippen molar-refractivity contribution >= 4 is 61.9 Å². The van der Waals surface area contributed by atoms with Crippen LogP contribution in [0.15, 0.2) is 56.0 Å². The fourth-order valence-electron chi connectivity index (χ4n) is 1.16. The average Bonchev–Trinajstić information content (AvgIpc) is 2.23. The van der Waals surface area contributed by atoms with Gasteiger partial charge in [-0.1, -0.05) is 0 Å². The topological polar surface area (TPSA) is 52.0 Å². The van der Waals surface area contributed by atoms with Crippen LogP contribution in [0, 0.1) is 0 Å². The van der Waals surface area contributed by atoms with E-state index in [9.17, 15) is 0 Å². The molecule has 0 saturated carbocycles. The van der Waals surface area contributed by atoms with Gasteiger partial charge in [-0.15, -0.1) is 50.5 Å². The third-order valence-corrected chi connectivity index (χ3v) is 3.14. The zero-order valence-corrected chi connectivity index (χ0v) is 13.0. The molecule has 2 nitrogen and oxygen atoms in total. The molecule has 2 rings (SSSR count). The molecule has 0 bridgehead atoms. The van der Waals surface area contributed by atoms with Gasteiger partial charge in [-0.2, -0.15) is 0 Å². The van der Waals surface area contributed by atoms with Gasteiger partial charge in [0.05, 0.1) is 0 Å². The van der Waals surface area contributed by atoms with Gasteiger partial charge < -0.3 is 11.5 Å². The van der Waals surface area contributed by atoms with Gasteiger partial charge in [-0.25, -0.2) is 0 Å². The van der Waals surface area contributed by atoms with Crippen molar-refractivity contribution in [2.24, 2.45) is 0 Å². The summed E-state index contributed by atoms with van der Waals surface area (Å²) in [7, 11) is 0. The highest BCUT2D eigenvalue weighted by atomic mass is 32.1. The van der Waals surface area contributed by atoms with E-state index in [0.717, 1.165) is 19.6 Å². The molecule has 0 saturated heterocycles. The molecule has 0 aromatic heterocycles. The maximum absolute atomic E-state index is 5.50. The molecule has 96 valence electrons. The Morgan fingerprint density at radius 3 is 1.61 bits per heavy atom. The standard InChI is InChI=1S/2C6H7NS2/c7-4-1-5(8)3-6(9)2-4;7-5-3-4(8)1-2-6(5)9/h2*1-3,8-9H,7H2. The van der Waals surface area contributed by atoms with Crippen molar-refractivity contribution in [3.05, 3.63) is 36.4 Å². The van der Waals surface area contributed by atoms with E-state index in [2.05, 4.69) is 50.5 Å². The van der Waals surface area contributed by atoms with Gasteiger partial charge in [-0.05, 0) is 36.4 Å². The van der Waals surface area contributed by atoms with Gasteiger partial charge in [0.15, 0.2) is 0 Å². The van der Waals surface area contributed by atoms with Crippen LogP contribution in [0.1, 0.15) is 0 Å². The van der Waals surface area contributed by atoms with Crippen molar-refractivity contribution < 1.29 is 0 Å². The predicted molar refractivity (Wildman–Crippen MR) is 90.7 cm³/mol. The van der Waals surface area contributed by atoms with Crippen LogP contribution in [0.5, 0.6) is 0 Å². The normalized spacial score (nSPS) is 9.56. The lowest BCUT2D eigenvalue weighted by molar-refractivity contribution is 1.35. The first-order valence-electron chi connectivity index (χ1n) is 4.94. The summed E-state index contributed by atoms with van der Waals surface area (Å²) in [4.78, 5) is 3.36. The van der Waals surface area contributed by atoms with Gasteiger partial charge in [0.2, 0.25) is 0 Å². The maximum atomic E-state index is 5.50. The Morgan fingerprint density at radius 2 is 1.22 bits per heavy atom. The highest BCUT2D eigenvalue weighted by Gasteiger charge is 1.91. The highest BCUT2D eigenvalue weighted by molar-refractivity contribution is 7.81. The Kier molecular flexibility index (Phi) is 6.14. The largest absolute Gasteiger partial charge is 0.399 e. The van der Waals surface area contributed by atoms with E-state index < -0.39 is 0 Å².